The average molecular weight is 320 g/mol. The van der Waals surface area contributed by atoms with E-state index in [4.69, 9.17) is 0 Å². The van der Waals surface area contributed by atoms with Gasteiger partial charge < -0.3 is 17.0 Å². The van der Waals surface area contributed by atoms with E-state index in [0.29, 0.717) is 6.07 Å². The van der Waals surface area contributed by atoms with Gasteiger partial charge in [-0.1, -0.05) is 11.3 Å². The average Bonchev–Trinajstić information content (AvgIpc) is 2.70. The van der Waals surface area contributed by atoms with E-state index < -0.39 is 11.6 Å². The van der Waals surface area contributed by atoms with Gasteiger partial charge in [0.25, 0.3) is 0 Å². The van der Waals surface area contributed by atoms with Crippen LogP contribution in [0.15, 0.2) is 35.3 Å². The van der Waals surface area contributed by atoms with Crippen molar-refractivity contribution in [1.29, 1.82) is 0 Å². The number of hydrogen-bond acceptors (Lipinski definition) is 2. The van der Waals surface area contributed by atoms with E-state index in [0.717, 1.165) is 6.07 Å². The molecule has 2 nitrogen and oxygen atoms in total. The number of nitrogens with zero attached hydrogens (tertiary/aromatic N) is 1. The molecule has 6 heteroatoms. The van der Waals surface area contributed by atoms with E-state index in [9.17, 15) is 13.6 Å². The van der Waals surface area contributed by atoms with Gasteiger partial charge in [0, 0.05) is 6.07 Å². The fraction of sp³-hybridized carbons (Fsp3) is 0.0909. The lowest BCUT2D eigenvalue weighted by molar-refractivity contribution is -0.678. The van der Waals surface area contributed by atoms with Crippen molar-refractivity contribution in [3.63, 3.8) is 0 Å². The summed E-state index contributed by atoms with van der Waals surface area (Å²) in [6, 6.07) is 2.96. The Kier molecular flexibility index (Phi) is 4.89. The Bertz CT molecular complexity index is 516. The summed E-state index contributed by atoms with van der Waals surface area (Å²) in [5.74, 6) is -1.88. The highest BCUT2D eigenvalue weighted by Gasteiger charge is 2.16. The molecule has 0 amide bonds. The Morgan fingerprint density at radius 3 is 2.71 bits per heavy atom. The maximum atomic E-state index is 13.3. The summed E-state index contributed by atoms with van der Waals surface area (Å²) in [6.45, 7) is 0.0616. The number of hydrogen-bond donors (Lipinski definition) is 0. The van der Waals surface area contributed by atoms with Crippen molar-refractivity contribution < 1.29 is 35.1 Å². The summed E-state index contributed by atoms with van der Waals surface area (Å²) < 4.78 is 27.5. The van der Waals surface area contributed by atoms with Gasteiger partial charge in [0.2, 0.25) is 17.8 Å². The van der Waals surface area contributed by atoms with Crippen LogP contribution >= 0.6 is 11.3 Å². The van der Waals surface area contributed by atoms with Crippen LogP contribution in [0.4, 0.5) is 8.78 Å². The molecule has 0 bridgehead atoms. The Morgan fingerprint density at radius 2 is 2.12 bits per heavy atom. The highest BCUT2D eigenvalue weighted by Crippen LogP contribution is 2.10. The third-order valence-electron chi connectivity index (χ3n) is 2.08. The van der Waals surface area contributed by atoms with E-state index in [1.54, 1.807) is 16.3 Å². The van der Waals surface area contributed by atoms with Crippen molar-refractivity contribution in [1.82, 2.24) is 0 Å². The van der Waals surface area contributed by atoms with E-state index >= 15 is 0 Å². The first-order valence-electron chi connectivity index (χ1n) is 4.56. The van der Waals surface area contributed by atoms with Crippen molar-refractivity contribution >= 4 is 17.1 Å². The first kappa shape index (κ1) is 13.9. The molecule has 90 valence electrons. The maximum absolute atomic E-state index is 13.3. The Morgan fingerprint density at radius 1 is 1.35 bits per heavy atom. The normalized spacial score (nSPS) is 9.76. The number of benzene rings is 1. The SMILES string of the molecule is O=C(C[n+]1ccsc1)c1ccc(F)cc1F.[Br-]. The van der Waals surface area contributed by atoms with Crippen molar-refractivity contribution in [2.75, 3.05) is 0 Å². The number of rotatable bonds is 3. The number of halogens is 3. The molecule has 1 heterocycles. The highest BCUT2D eigenvalue weighted by atomic mass is 79.9. The quantitative estimate of drug-likeness (QED) is 0.536. The number of aromatic nitrogens is 1. The molecule has 0 spiro atoms. The molecule has 0 aliphatic rings. The summed E-state index contributed by atoms with van der Waals surface area (Å²) in [5.41, 5.74) is 1.67. The third kappa shape index (κ3) is 3.41. The van der Waals surface area contributed by atoms with Crippen LogP contribution in [0.25, 0.3) is 0 Å². The molecule has 1 aromatic carbocycles. The van der Waals surface area contributed by atoms with Gasteiger partial charge in [0.15, 0.2) is 6.20 Å². The van der Waals surface area contributed by atoms with Gasteiger partial charge in [0.05, 0.1) is 10.9 Å². The predicted octanol–water partition coefficient (Wildman–Crippen LogP) is -0.799. The second kappa shape index (κ2) is 5.97. The fourth-order valence-corrected chi connectivity index (χ4v) is 1.92. The number of carbonyl (C=O) groups excluding carboxylic acids is 1. The molecule has 0 saturated heterocycles. The van der Waals surface area contributed by atoms with Crippen LogP contribution in [0.5, 0.6) is 0 Å². The largest absolute Gasteiger partial charge is 1.00 e. The number of Topliss-reactive ketones (excluding diaryl/α,β-unsaturated/α-hetero) is 1. The molecule has 0 radical (unpaired) electrons. The molecular weight excluding hydrogens is 312 g/mol. The van der Waals surface area contributed by atoms with Crippen LogP contribution in [-0.2, 0) is 6.54 Å². The summed E-state index contributed by atoms with van der Waals surface area (Å²) in [6.07, 6.45) is 1.73. The van der Waals surface area contributed by atoms with E-state index in [1.807, 2.05) is 5.38 Å². The molecule has 1 aromatic heterocycles. The molecule has 0 atom stereocenters. The van der Waals surface area contributed by atoms with Crippen LogP contribution in [0.1, 0.15) is 10.4 Å². The number of ketones is 1. The molecule has 0 aliphatic carbocycles. The van der Waals surface area contributed by atoms with Crippen LogP contribution in [0.2, 0.25) is 0 Å². The second-order valence-corrected chi connectivity index (χ2v) is 4.00. The maximum Gasteiger partial charge on any atom is 0.230 e. The van der Waals surface area contributed by atoms with E-state index in [2.05, 4.69) is 0 Å². The summed E-state index contributed by atoms with van der Waals surface area (Å²) in [7, 11) is 0. The first-order chi connectivity index (χ1) is 7.66. The zero-order valence-electron chi connectivity index (χ0n) is 8.57. The Labute approximate surface area is 111 Å². The van der Waals surface area contributed by atoms with Crippen LogP contribution in [0, 0.1) is 11.6 Å². The Balaban J connectivity index is 0.00000144. The summed E-state index contributed by atoms with van der Waals surface area (Å²) >= 11 is 1.44. The van der Waals surface area contributed by atoms with Crippen LogP contribution < -0.4 is 21.5 Å². The minimum Gasteiger partial charge on any atom is -1.00 e. The van der Waals surface area contributed by atoms with Crippen molar-refractivity contribution in [2.24, 2.45) is 0 Å². The molecular formula is C11H8BrF2NOS. The molecule has 0 fully saturated rings. The number of carbonyl (C=O) groups is 1. The minimum absolute atomic E-state index is 0. The van der Waals surface area contributed by atoms with Gasteiger partial charge >= 0.3 is 0 Å². The fourth-order valence-electron chi connectivity index (χ4n) is 1.32. The second-order valence-electron chi connectivity index (χ2n) is 3.25. The lowest BCUT2D eigenvalue weighted by Gasteiger charge is -1.98. The molecule has 0 aliphatic heterocycles. The van der Waals surface area contributed by atoms with Crippen LogP contribution in [-0.4, -0.2) is 5.78 Å². The number of thiazole rings is 1. The molecule has 17 heavy (non-hydrogen) atoms. The third-order valence-corrected chi connectivity index (χ3v) is 2.76. The van der Waals surface area contributed by atoms with Gasteiger partial charge in [-0.3, -0.25) is 4.79 Å². The van der Waals surface area contributed by atoms with Crippen molar-refractivity contribution in [2.45, 2.75) is 6.54 Å². The molecule has 0 unspecified atom stereocenters. The summed E-state index contributed by atoms with van der Waals surface area (Å²) in [4.78, 5) is 11.7. The Hall–Kier alpha value is -1.14. The van der Waals surface area contributed by atoms with Gasteiger partial charge in [-0.25, -0.2) is 8.78 Å². The highest BCUT2D eigenvalue weighted by molar-refractivity contribution is 7.07. The monoisotopic (exact) mass is 319 g/mol. The zero-order valence-corrected chi connectivity index (χ0v) is 11.0. The van der Waals surface area contributed by atoms with Crippen molar-refractivity contribution in [3.05, 3.63) is 52.5 Å². The standard InChI is InChI=1S/C11H8F2NOS.BrH/c12-8-1-2-9(10(13)5-8)11(15)6-14-3-4-16-7-14;/h1-5,7H,6H2;1H/q+1;/p-1. The van der Waals surface area contributed by atoms with E-state index in [-0.39, 0.29) is 34.9 Å². The van der Waals surface area contributed by atoms with Gasteiger partial charge in [0.1, 0.15) is 11.6 Å². The molecule has 2 rings (SSSR count). The van der Waals surface area contributed by atoms with Crippen LogP contribution in [0.3, 0.4) is 0 Å². The van der Waals surface area contributed by atoms with Crippen molar-refractivity contribution in [3.8, 4) is 0 Å². The topological polar surface area (TPSA) is 20.9 Å². The van der Waals surface area contributed by atoms with E-state index in [1.165, 1.54) is 17.4 Å². The first-order valence-corrected chi connectivity index (χ1v) is 5.50. The molecule has 0 N–H and O–H groups in total. The predicted molar refractivity (Wildman–Crippen MR) is 55.2 cm³/mol. The molecule has 2 aromatic rings. The summed E-state index contributed by atoms with van der Waals surface area (Å²) in [5, 5.41) is 1.81. The smallest absolute Gasteiger partial charge is 0.230 e. The van der Waals surface area contributed by atoms with Gasteiger partial charge in [-0.2, -0.15) is 4.57 Å². The minimum atomic E-state index is -0.819. The van der Waals surface area contributed by atoms with Gasteiger partial charge in [-0.15, -0.1) is 0 Å². The molecule has 0 saturated carbocycles. The zero-order chi connectivity index (χ0) is 11.5. The van der Waals surface area contributed by atoms with Gasteiger partial charge in [-0.05, 0) is 12.1 Å². The lowest BCUT2D eigenvalue weighted by Crippen LogP contribution is -3.00. The lowest BCUT2D eigenvalue weighted by atomic mass is 10.1.